The van der Waals surface area contributed by atoms with E-state index in [2.05, 4.69) is 21.6 Å². The summed E-state index contributed by atoms with van der Waals surface area (Å²) < 4.78 is 1.96. The minimum Gasteiger partial charge on any atom is -0.383 e. The number of anilines is 1. The monoisotopic (exact) mass is 215 g/mol. The molecule has 1 fully saturated rings. The number of hydrogen-bond donors (Lipinski definition) is 1. The van der Waals surface area contributed by atoms with Crippen LogP contribution in [0.15, 0.2) is 18.5 Å². The molecule has 0 amide bonds. The lowest BCUT2D eigenvalue weighted by Crippen LogP contribution is -2.20. The number of fused-ring (bicyclic) bond motifs is 1. The molecule has 0 atom stereocenters. The Labute approximate surface area is 93.0 Å². The molecule has 0 aliphatic heterocycles. The van der Waals surface area contributed by atoms with Gasteiger partial charge in [-0.1, -0.05) is 12.2 Å². The summed E-state index contributed by atoms with van der Waals surface area (Å²) in [7, 11) is 0. The molecular weight excluding hydrogens is 202 g/mol. The summed E-state index contributed by atoms with van der Waals surface area (Å²) in [4.78, 5) is 8.27. The molecule has 1 aliphatic rings. The molecule has 1 aliphatic carbocycles. The molecule has 2 N–H and O–H groups in total. The Morgan fingerprint density at radius 1 is 1.44 bits per heavy atom. The fraction of sp³-hybridized carbons (Fsp3) is 0.364. The maximum absolute atomic E-state index is 5.84. The van der Waals surface area contributed by atoms with Gasteiger partial charge in [0.2, 0.25) is 0 Å². The third-order valence-electron chi connectivity index (χ3n) is 3.09. The van der Waals surface area contributed by atoms with Crippen LogP contribution in [0.1, 0.15) is 24.6 Å². The molecule has 5 heteroatoms. The highest BCUT2D eigenvalue weighted by molar-refractivity contribution is 5.87. The van der Waals surface area contributed by atoms with Gasteiger partial charge in [0.1, 0.15) is 12.1 Å². The van der Waals surface area contributed by atoms with Crippen molar-refractivity contribution >= 4 is 16.9 Å². The van der Waals surface area contributed by atoms with Gasteiger partial charge in [-0.2, -0.15) is 5.10 Å². The van der Waals surface area contributed by atoms with Crippen molar-refractivity contribution in [3.8, 4) is 0 Å². The maximum Gasteiger partial charge on any atom is 0.163 e. The van der Waals surface area contributed by atoms with Gasteiger partial charge >= 0.3 is 0 Å². The van der Waals surface area contributed by atoms with E-state index < -0.39 is 0 Å². The van der Waals surface area contributed by atoms with E-state index in [0.29, 0.717) is 11.9 Å². The highest BCUT2D eigenvalue weighted by Gasteiger charge is 2.27. The van der Waals surface area contributed by atoms with Gasteiger partial charge in [0.05, 0.1) is 17.1 Å². The van der Waals surface area contributed by atoms with Crippen LogP contribution in [0.3, 0.4) is 0 Å². The van der Waals surface area contributed by atoms with Crippen molar-refractivity contribution in [2.45, 2.75) is 25.8 Å². The molecule has 0 saturated heterocycles. The van der Waals surface area contributed by atoms with Gasteiger partial charge in [-0.15, -0.1) is 0 Å². The molecule has 2 heterocycles. The van der Waals surface area contributed by atoms with Crippen LogP contribution < -0.4 is 5.73 Å². The van der Waals surface area contributed by atoms with E-state index in [1.807, 2.05) is 11.6 Å². The van der Waals surface area contributed by atoms with Gasteiger partial charge < -0.3 is 5.73 Å². The largest absolute Gasteiger partial charge is 0.383 e. The zero-order valence-corrected chi connectivity index (χ0v) is 9.14. The summed E-state index contributed by atoms with van der Waals surface area (Å²) in [6.45, 7) is 5.88. The van der Waals surface area contributed by atoms with Crippen molar-refractivity contribution in [1.82, 2.24) is 19.7 Å². The predicted octanol–water partition coefficient (Wildman–Crippen LogP) is 1.61. The molecule has 16 heavy (non-hydrogen) atoms. The van der Waals surface area contributed by atoms with Crippen molar-refractivity contribution in [2.24, 2.45) is 0 Å². The first-order chi connectivity index (χ1) is 7.66. The van der Waals surface area contributed by atoms with E-state index in [4.69, 9.17) is 5.73 Å². The highest BCUT2D eigenvalue weighted by Crippen LogP contribution is 2.37. The molecule has 2 aromatic heterocycles. The molecular formula is C11H13N5. The Morgan fingerprint density at radius 2 is 2.19 bits per heavy atom. The first kappa shape index (κ1) is 9.33. The van der Waals surface area contributed by atoms with Gasteiger partial charge in [-0.3, -0.25) is 0 Å². The first-order valence-corrected chi connectivity index (χ1v) is 5.28. The van der Waals surface area contributed by atoms with Gasteiger partial charge in [-0.25, -0.2) is 14.6 Å². The molecule has 2 aromatic rings. The second-order valence-electron chi connectivity index (χ2n) is 4.30. The smallest absolute Gasteiger partial charge is 0.163 e. The van der Waals surface area contributed by atoms with Crippen molar-refractivity contribution in [3.63, 3.8) is 0 Å². The van der Waals surface area contributed by atoms with Gasteiger partial charge in [0.15, 0.2) is 5.65 Å². The summed E-state index contributed by atoms with van der Waals surface area (Å²) in [5.41, 5.74) is 8.84. The summed E-state index contributed by atoms with van der Waals surface area (Å²) in [6, 6.07) is 0.387. The lowest BCUT2D eigenvalue weighted by Gasteiger charge is -2.28. The van der Waals surface area contributed by atoms with E-state index in [1.165, 1.54) is 11.9 Å². The first-order valence-electron chi connectivity index (χ1n) is 5.28. The van der Waals surface area contributed by atoms with Crippen LogP contribution in [-0.4, -0.2) is 19.7 Å². The summed E-state index contributed by atoms with van der Waals surface area (Å²) >= 11 is 0. The minimum absolute atomic E-state index is 0.387. The molecule has 1 saturated carbocycles. The maximum atomic E-state index is 5.84. The quantitative estimate of drug-likeness (QED) is 0.734. The van der Waals surface area contributed by atoms with Crippen LogP contribution >= 0.6 is 0 Å². The van der Waals surface area contributed by atoms with Crippen LogP contribution in [0.2, 0.25) is 0 Å². The molecule has 0 unspecified atom stereocenters. The number of nitrogen functional groups attached to an aromatic ring is 1. The Hall–Kier alpha value is -1.91. The summed E-state index contributed by atoms with van der Waals surface area (Å²) in [5.74, 6) is 0.506. The van der Waals surface area contributed by atoms with Gasteiger partial charge in [-0.05, 0) is 19.8 Å². The predicted molar refractivity (Wildman–Crippen MR) is 61.9 cm³/mol. The Bertz CT molecular complexity index is 575. The minimum atomic E-state index is 0.387. The highest BCUT2D eigenvalue weighted by atomic mass is 15.3. The van der Waals surface area contributed by atoms with Crippen molar-refractivity contribution in [3.05, 3.63) is 24.2 Å². The Kier molecular flexibility index (Phi) is 1.77. The van der Waals surface area contributed by atoms with E-state index in [9.17, 15) is 0 Å². The molecule has 0 spiro atoms. The molecule has 0 radical (unpaired) electrons. The molecule has 0 aromatic carbocycles. The van der Waals surface area contributed by atoms with E-state index >= 15 is 0 Å². The number of nitrogens with zero attached hydrogens (tertiary/aromatic N) is 4. The van der Waals surface area contributed by atoms with Crippen LogP contribution in [0.4, 0.5) is 5.82 Å². The zero-order chi connectivity index (χ0) is 11.3. The SMILES string of the molecule is C=C1CC(n2nc(C)c3c(N)ncnc32)C1. The lowest BCUT2D eigenvalue weighted by molar-refractivity contribution is 0.380. The summed E-state index contributed by atoms with van der Waals surface area (Å²) in [5, 5.41) is 5.38. The van der Waals surface area contributed by atoms with Crippen molar-refractivity contribution in [1.29, 1.82) is 0 Å². The fourth-order valence-corrected chi connectivity index (χ4v) is 2.20. The van der Waals surface area contributed by atoms with Crippen LogP contribution in [0.5, 0.6) is 0 Å². The van der Waals surface area contributed by atoms with Crippen LogP contribution in [0, 0.1) is 6.92 Å². The molecule has 0 bridgehead atoms. The van der Waals surface area contributed by atoms with Crippen molar-refractivity contribution in [2.75, 3.05) is 5.73 Å². The Morgan fingerprint density at radius 3 is 2.88 bits per heavy atom. The average Bonchev–Trinajstić information content (AvgIpc) is 2.53. The van der Waals surface area contributed by atoms with Gasteiger partial charge in [0, 0.05) is 0 Å². The third-order valence-corrected chi connectivity index (χ3v) is 3.09. The van der Waals surface area contributed by atoms with E-state index in [0.717, 1.165) is 29.6 Å². The molecule has 3 rings (SSSR count). The van der Waals surface area contributed by atoms with Crippen molar-refractivity contribution < 1.29 is 0 Å². The standard InChI is InChI=1S/C11H13N5/c1-6-3-8(4-6)16-11-9(7(2)15-16)10(12)13-5-14-11/h5,8H,1,3-4H2,2H3,(H2,12,13,14). The van der Waals surface area contributed by atoms with Crippen LogP contribution in [0.25, 0.3) is 11.0 Å². The second-order valence-corrected chi connectivity index (χ2v) is 4.30. The van der Waals surface area contributed by atoms with Crippen LogP contribution in [-0.2, 0) is 0 Å². The van der Waals surface area contributed by atoms with E-state index in [-0.39, 0.29) is 0 Å². The Balaban J connectivity index is 2.19. The topological polar surface area (TPSA) is 69.6 Å². The molecule has 82 valence electrons. The number of nitrogens with two attached hydrogens (primary N) is 1. The average molecular weight is 215 g/mol. The molecule has 5 nitrogen and oxygen atoms in total. The lowest BCUT2D eigenvalue weighted by atomic mass is 9.88. The van der Waals surface area contributed by atoms with Gasteiger partial charge in [0.25, 0.3) is 0 Å². The number of aryl methyl sites for hydroxylation is 1. The number of rotatable bonds is 1. The second kappa shape index (κ2) is 3.04. The summed E-state index contributed by atoms with van der Waals surface area (Å²) in [6.07, 6.45) is 3.46. The number of allylic oxidation sites excluding steroid dienone is 1. The third kappa shape index (κ3) is 1.14. The number of hydrogen-bond acceptors (Lipinski definition) is 4. The number of aromatic nitrogens is 4. The normalized spacial score (nSPS) is 16.7. The fourth-order valence-electron chi connectivity index (χ4n) is 2.20. The van der Waals surface area contributed by atoms with E-state index in [1.54, 1.807) is 0 Å². The zero-order valence-electron chi connectivity index (χ0n) is 9.14.